The van der Waals surface area contributed by atoms with Crippen molar-refractivity contribution in [1.82, 2.24) is 20.1 Å². The maximum atomic E-state index is 11.7. The summed E-state index contributed by atoms with van der Waals surface area (Å²) >= 11 is 1.26. The van der Waals surface area contributed by atoms with Crippen molar-refractivity contribution in [2.45, 2.75) is 42.8 Å². The molecule has 0 unspecified atom stereocenters. The van der Waals surface area contributed by atoms with Crippen LogP contribution in [-0.2, 0) is 16.1 Å². The predicted octanol–water partition coefficient (Wildman–Crippen LogP) is -0.0230. The van der Waals surface area contributed by atoms with E-state index in [0.717, 1.165) is 19.4 Å². The number of nitrogens with zero attached hydrogens (tertiary/aromatic N) is 2. The van der Waals surface area contributed by atoms with Gasteiger partial charge in [0, 0.05) is 13.7 Å². The Kier molecular flexibility index (Phi) is 4.65. The van der Waals surface area contributed by atoms with Gasteiger partial charge >= 0.3 is 5.69 Å². The molecule has 2 heterocycles. The van der Waals surface area contributed by atoms with Crippen LogP contribution in [0.1, 0.15) is 19.8 Å². The number of nitrogens with one attached hydrogen (secondary N) is 2. The van der Waals surface area contributed by atoms with E-state index in [1.807, 2.05) is 0 Å². The SMILES string of the molecule is CNC(=O)[C@H](C)Sc1n[nH]c(=O)n1C[C@@H]1CCCO1. The molecule has 19 heavy (non-hydrogen) atoms. The van der Waals surface area contributed by atoms with Gasteiger partial charge in [0.2, 0.25) is 5.91 Å². The number of hydrogen-bond acceptors (Lipinski definition) is 5. The molecule has 1 fully saturated rings. The van der Waals surface area contributed by atoms with E-state index < -0.39 is 0 Å². The fourth-order valence-corrected chi connectivity index (χ4v) is 2.89. The molecule has 1 aliphatic rings. The third-order valence-electron chi connectivity index (χ3n) is 3.03. The van der Waals surface area contributed by atoms with Gasteiger partial charge in [0.15, 0.2) is 5.16 Å². The monoisotopic (exact) mass is 286 g/mol. The normalized spacial score (nSPS) is 20.4. The average molecular weight is 286 g/mol. The van der Waals surface area contributed by atoms with Crippen LogP contribution in [0.5, 0.6) is 0 Å². The van der Waals surface area contributed by atoms with Crippen LogP contribution in [0, 0.1) is 0 Å². The summed E-state index contributed by atoms with van der Waals surface area (Å²) in [5.74, 6) is -0.0934. The molecular weight excluding hydrogens is 268 g/mol. The molecule has 1 aromatic rings. The lowest BCUT2D eigenvalue weighted by atomic mass is 10.2. The van der Waals surface area contributed by atoms with Crippen LogP contribution in [0.4, 0.5) is 0 Å². The first-order valence-electron chi connectivity index (χ1n) is 6.27. The molecule has 1 aliphatic heterocycles. The highest BCUT2D eigenvalue weighted by Gasteiger charge is 2.22. The van der Waals surface area contributed by atoms with Crippen LogP contribution in [0.3, 0.4) is 0 Å². The van der Waals surface area contributed by atoms with Crippen molar-refractivity contribution < 1.29 is 9.53 Å². The molecule has 1 saturated heterocycles. The average Bonchev–Trinajstić information content (AvgIpc) is 3.02. The molecule has 2 rings (SSSR count). The van der Waals surface area contributed by atoms with E-state index >= 15 is 0 Å². The summed E-state index contributed by atoms with van der Waals surface area (Å²) in [4.78, 5) is 23.2. The molecule has 0 aromatic carbocycles. The number of H-pyrrole nitrogens is 1. The van der Waals surface area contributed by atoms with Gasteiger partial charge in [-0.2, -0.15) is 0 Å². The van der Waals surface area contributed by atoms with Gasteiger partial charge in [-0.15, -0.1) is 5.10 Å². The first-order valence-corrected chi connectivity index (χ1v) is 7.15. The molecule has 0 aliphatic carbocycles. The van der Waals surface area contributed by atoms with Gasteiger partial charge < -0.3 is 10.1 Å². The standard InChI is InChI=1S/C11H18N4O3S/c1-7(9(16)12-2)19-11-14-13-10(17)15(11)6-8-4-3-5-18-8/h7-8H,3-6H2,1-2H3,(H,12,16)(H,13,17)/t7-,8-/m0/s1. The topological polar surface area (TPSA) is 89.0 Å². The van der Waals surface area contributed by atoms with E-state index in [1.54, 1.807) is 18.5 Å². The van der Waals surface area contributed by atoms with E-state index in [-0.39, 0.29) is 23.0 Å². The first-order chi connectivity index (χ1) is 9.11. The second kappa shape index (κ2) is 6.25. The zero-order chi connectivity index (χ0) is 13.8. The highest BCUT2D eigenvalue weighted by atomic mass is 32.2. The number of aromatic amines is 1. The van der Waals surface area contributed by atoms with Crippen LogP contribution in [-0.4, -0.2) is 45.7 Å². The van der Waals surface area contributed by atoms with Gasteiger partial charge in [-0.25, -0.2) is 9.89 Å². The minimum Gasteiger partial charge on any atom is -0.376 e. The number of thioether (sulfide) groups is 1. The molecule has 8 heteroatoms. The molecule has 0 radical (unpaired) electrons. The number of amides is 1. The fraction of sp³-hybridized carbons (Fsp3) is 0.727. The number of carbonyl (C=O) groups is 1. The highest BCUT2D eigenvalue weighted by Crippen LogP contribution is 2.21. The van der Waals surface area contributed by atoms with Crippen LogP contribution >= 0.6 is 11.8 Å². The van der Waals surface area contributed by atoms with Gasteiger partial charge in [-0.1, -0.05) is 11.8 Å². The first kappa shape index (κ1) is 14.1. The number of aromatic nitrogens is 3. The number of carbonyl (C=O) groups excluding carboxylic acids is 1. The Bertz CT molecular complexity index is 492. The second-order valence-electron chi connectivity index (χ2n) is 4.43. The Morgan fingerprint density at radius 2 is 2.53 bits per heavy atom. The van der Waals surface area contributed by atoms with E-state index in [0.29, 0.717) is 11.7 Å². The Hall–Kier alpha value is -1.28. The molecule has 0 bridgehead atoms. The molecule has 1 aromatic heterocycles. The van der Waals surface area contributed by atoms with Gasteiger partial charge in [-0.3, -0.25) is 9.36 Å². The quantitative estimate of drug-likeness (QED) is 0.742. The molecular formula is C11H18N4O3S. The van der Waals surface area contributed by atoms with Crippen molar-refractivity contribution in [3.8, 4) is 0 Å². The van der Waals surface area contributed by atoms with Gasteiger partial charge in [0.05, 0.1) is 17.9 Å². The van der Waals surface area contributed by atoms with Crippen LogP contribution in [0.15, 0.2) is 9.95 Å². The Morgan fingerprint density at radius 3 is 3.16 bits per heavy atom. The zero-order valence-corrected chi connectivity index (χ0v) is 11.8. The summed E-state index contributed by atoms with van der Waals surface area (Å²) in [6, 6.07) is 0. The van der Waals surface area contributed by atoms with Crippen molar-refractivity contribution in [3.63, 3.8) is 0 Å². The minimum atomic E-state index is -0.302. The van der Waals surface area contributed by atoms with Gasteiger partial charge in [0.25, 0.3) is 0 Å². The Balaban J connectivity index is 2.08. The molecule has 1 amide bonds. The number of rotatable bonds is 5. The lowest BCUT2D eigenvalue weighted by molar-refractivity contribution is -0.119. The third kappa shape index (κ3) is 3.38. The highest BCUT2D eigenvalue weighted by molar-refractivity contribution is 8.00. The summed E-state index contributed by atoms with van der Waals surface area (Å²) in [6.45, 7) is 3.01. The molecule has 0 spiro atoms. The number of hydrogen-bond donors (Lipinski definition) is 2. The smallest absolute Gasteiger partial charge is 0.344 e. The van der Waals surface area contributed by atoms with Crippen LogP contribution in [0.2, 0.25) is 0 Å². The van der Waals surface area contributed by atoms with Crippen molar-refractivity contribution in [2.24, 2.45) is 0 Å². The van der Waals surface area contributed by atoms with E-state index in [4.69, 9.17) is 4.74 Å². The molecule has 0 saturated carbocycles. The summed E-state index contributed by atoms with van der Waals surface area (Å²) in [7, 11) is 1.59. The molecule has 7 nitrogen and oxygen atoms in total. The predicted molar refractivity (Wildman–Crippen MR) is 71.2 cm³/mol. The maximum absolute atomic E-state index is 11.7. The summed E-state index contributed by atoms with van der Waals surface area (Å²) in [5.41, 5.74) is -0.262. The fourth-order valence-electron chi connectivity index (χ4n) is 1.96. The van der Waals surface area contributed by atoms with Gasteiger partial charge in [-0.05, 0) is 19.8 Å². The van der Waals surface area contributed by atoms with Crippen LogP contribution in [0.25, 0.3) is 0 Å². The largest absolute Gasteiger partial charge is 0.376 e. The Morgan fingerprint density at radius 1 is 1.74 bits per heavy atom. The number of ether oxygens (including phenoxy) is 1. The summed E-state index contributed by atoms with van der Waals surface area (Å²) in [6.07, 6.45) is 2.03. The van der Waals surface area contributed by atoms with E-state index in [9.17, 15) is 9.59 Å². The van der Waals surface area contributed by atoms with Gasteiger partial charge in [0.1, 0.15) is 0 Å². The lowest BCUT2D eigenvalue weighted by Crippen LogP contribution is -2.29. The maximum Gasteiger partial charge on any atom is 0.344 e. The summed E-state index contributed by atoms with van der Waals surface area (Å²) in [5, 5.41) is 9.19. The molecule has 2 N–H and O–H groups in total. The van der Waals surface area contributed by atoms with Crippen molar-refractivity contribution in [3.05, 3.63) is 10.5 Å². The zero-order valence-electron chi connectivity index (χ0n) is 11.0. The Labute approximate surface area is 115 Å². The van der Waals surface area contributed by atoms with Crippen molar-refractivity contribution in [1.29, 1.82) is 0 Å². The minimum absolute atomic E-state index is 0.0601. The molecule has 106 valence electrons. The van der Waals surface area contributed by atoms with E-state index in [1.165, 1.54) is 11.8 Å². The van der Waals surface area contributed by atoms with Crippen molar-refractivity contribution in [2.75, 3.05) is 13.7 Å². The van der Waals surface area contributed by atoms with Crippen molar-refractivity contribution >= 4 is 17.7 Å². The third-order valence-corrected chi connectivity index (χ3v) is 4.12. The lowest BCUT2D eigenvalue weighted by Gasteiger charge is -2.13. The van der Waals surface area contributed by atoms with E-state index in [2.05, 4.69) is 15.5 Å². The summed E-state index contributed by atoms with van der Waals surface area (Å²) < 4.78 is 7.06. The van der Waals surface area contributed by atoms with Crippen LogP contribution < -0.4 is 11.0 Å². The second-order valence-corrected chi connectivity index (χ2v) is 5.74. The molecule has 2 atom stereocenters.